The molecule has 1 aliphatic heterocycles. The predicted molar refractivity (Wildman–Crippen MR) is 92.9 cm³/mol. The molecule has 0 amide bonds. The molecule has 8 nitrogen and oxygen atoms in total. The summed E-state index contributed by atoms with van der Waals surface area (Å²) in [5.74, 6) is -2.64. The molecule has 2 aromatic rings. The molecule has 0 bridgehead atoms. The van der Waals surface area contributed by atoms with Crippen LogP contribution in [0.25, 0.3) is 0 Å². The highest BCUT2D eigenvalue weighted by atomic mass is 32.1. The van der Waals surface area contributed by atoms with Crippen LogP contribution in [0.3, 0.4) is 0 Å². The molecular weight excluding hydrogens is 360 g/mol. The van der Waals surface area contributed by atoms with Crippen LogP contribution in [0.4, 0.5) is 0 Å². The lowest BCUT2D eigenvalue weighted by Crippen LogP contribution is -2.35. The van der Waals surface area contributed by atoms with E-state index in [2.05, 4.69) is 9.88 Å². The van der Waals surface area contributed by atoms with Gasteiger partial charge in [0.15, 0.2) is 0 Å². The number of hydrogen-bond donors (Lipinski definition) is 2. The Morgan fingerprint density at radius 2 is 2.00 bits per heavy atom. The van der Waals surface area contributed by atoms with Gasteiger partial charge in [0.2, 0.25) is 0 Å². The number of morpholine rings is 1. The van der Waals surface area contributed by atoms with Crippen molar-refractivity contribution in [3.05, 3.63) is 45.4 Å². The van der Waals surface area contributed by atoms with E-state index in [1.54, 1.807) is 0 Å². The topological polar surface area (TPSA) is 109 Å². The number of ether oxygens (including phenoxy) is 2. The van der Waals surface area contributed by atoms with Crippen LogP contribution in [0.5, 0.6) is 5.75 Å². The Balaban J connectivity index is 1.67. The van der Waals surface area contributed by atoms with E-state index in [9.17, 15) is 14.7 Å². The van der Waals surface area contributed by atoms with Crippen LogP contribution in [-0.4, -0.2) is 58.3 Å². The van der Waals surface area contributed by atoms with Crippen molar-refractivity contribution in [3.63, 3.8) is 0 Å². The van der Waals surface area contributed by atoms with E-state index in [1.807, 2.05) is 5.38 Å². The monoisotopic (exact) mass is 378 g/mol. The van der Waals surface area contributed by atoms with Gasteiger partial charge in [-0.15, -0.1) is 11.3 Å². The summed E-state index contributed by atoms with van der Waals surface area (Å²) in [6.07, 6.45) is 0. The fourth-order valence-corrected chi connectivity index (χ4v) is 3.36. The van der Waals surface area contributed by atoms with Gasteiger partial charge in [0.25, 0.3) is 0 Å². The minimum absolute atomic E-state index is 0.0160. The molecule has 9 heteroatoms. The average molecular weight is 378 g/mol. The molecule has 0 saturated carbocycles. The van der Waals surface area contributed by atoms with Crippen molar-refractivity contribution in [2.75, 3.05) is 26.3 Å². The smallest absolute Gasteiger partial charge is 0.340 e. The lowest BCUT2D eigenvalue weighted by Gasteiger charge is -2.25. The number of thiazole rings is 1. The first kappa shape index (κ1) is 18.3. The van der Waals surface area contributed by atoms with Crippen LogP contribution in [0, 0.1) is 0 Å². The first-order chi connectivity index (χ1) is 12.5. The summed E-state index contributed by atoms with van der Waals surface area (Å²) in [4.78, 5) is 29.4. The number of aromatic carboxylic acids is 2. The van der Waals surface area contributed by atoms with Crippen LogP contribution in [0.2, 0.25) is 0 Å². The van der Waals surface area contributed by atoms with Crippen LogP contribution >= 0.6 is 11.3 Å². The zero-order chi connectivity index (χ0) is 18.5. The van der Waals surface area contributed by atoms with Gasteiger partial charge in [0, 0.05) is 25.0 Å². The van der Waals surface area contributed by atoms with Gasteiger partial charge < -0.3 is 19.7 Å². The average Bonchev–Trinajstić information content (AvgIpc) is 3.07. The molecule has 1 aromatic carbocycles. The number of rotatable bonds is 7. The Labute approximate surface area is 153 Å². The van der Waals surface area contributed by atoms with E-state index < -0.39 is 11.9 Å². The summed E-state index contributed by atoms with van der Waals surface area (Å²) in [7, 11) is 0. The normalized spacial score (nSPS) is 14.9. The molecule has 0 aliphatic carbocycles. The molecule has 1 fully saturated rings. The molecule has 1 aliphatic rings. The van der Waals surface area contributed by atoms with Crippen LogP contribution in [0.15, 0.2) is 23.6 Å². The SMILES string of the molecule is O=C(O)c1cccc(OCc2nc(CN3CCOCC3)cs2)c1C(=O)O. The van der Waals surface area contributed by atoms with Crippen molar-refractivity contribution < 1.29 is 29.3 Å². The third kappa shape index (κ3) is 4.37. The van der Waals surface area contributed by atoms with E-state index in [0.717, 1.165) is 38.5 Å². The second-order valence-electron chi connectivity index (χ2n) is 5.70. The second-order valence-corrected chi connectivity index (χ2v) is 6.64. The van der Waals surface area contributed by atoms with Gasteiger partial charge >= 0.3 is 11.9 Å². The third-order valence-corrected chi connectivity index (χ3v) is 4.78. The highest BCUT2D eigenvalue weighted by molar-refractivity contribution is 7.09. The second kappa shape index (κ2) is 8.26. The molecule has 0 radical (unpaired) electrons. The highest BCUT2D eigenvalue weighted by Crippen LogP contribution is 2.24. The lowest BCUT2D eigenvalue weighted by molar-refractivity contribution is 0.0337. The molecule has 1 saturated heterocycles. The number of benzene rings is 1. The maximum absolute atomic E-state index is 11.4. The summed E-state index contributed by atoms with van der Waals surface area (Å²) in [6, 6.07) is 4.14. The first-order valence-electron chi connectivity index (χ1n) is 8.00. The zero-order valence-electron chi connectivity index (χ0n) is 13.9. The van der Waals surface area contributed by atoms with E-state index in [-0.39, 0.29) is 23.5 Å². The standard InChI is InChI=1S/C17H18N2O6S/c20-16(21)12-2-1-3-13(15(12)17(22)23)25-9-14-18-11(10-26-14)8-19-4-6-24-7-5-19/h1-3,10H,4-9H2,(H,20,21)(H,22,23). The highest BCUT2D eigenvalue weighted by Gasteiger charge is 2.21. The van der Waals surface area contributed by atoms with Gasteiger partial charge in [0.05, 0.1) is 24.5 Å². The van der Waals surface area contributed by atoms with Gasteiger partial charge in [-0.25, -0.2) is 14.6 Å². The molecular formula is C17H18N2O6S. The number of hydrogen-bond acceptors (Lipinski definition) is 7. The fraction of sp³-hybridized carbons (Fsp3) is 0.353. The van der Waals surface area contributed by atoms with Crippen molar-refractivity contribution >= 4 is 23.3 Å². The Kier molecular flexibility index (Phi) is 5.82. The Morgan fingerprint density at radius 1 is 1.23 bits per heavy atom. The van der Waals surface area contributed by atoms with Gasteiger partial charge in [0.1, 0.15) is 22.9 Å². The van der Waals surface area contributed by atoms with E-state index in [1.165, 1.54) is 29.5 Å². The van der Waals surface area contributed by atoms with Crippen LogP contribution < -0.4 is 4.74 Å². The predicted octanol–water partition coefficient (Wildman–Crippen LogP) is 1.95. The molecule has 26 heavy (non-hydrogen) atoms. The van der Waals surface area contributed by atoms with Gasteiger partial charge in [-0.3, -0.25) is 4.90 Å². The third-order valence-electron chi connectivity index (χ3n) is 3.91. The molecule has 3 rings (SSSR count). The maximum Gasteiger partial charge on any atom is 0.340 e. The van der Waals surface area contributed by atoms with Gasteiger partial charge in [-0.1, -0.05) is 6.07 Å². The number of aromatic nitrogens is 1. The Hall–Kier alpha value is -2.49. The lowest BCUT2D eigenvalue weighted by atomic mass is 10.1. The first-order valence-corrected chi connectivity index (χ1v) is 8.88. The molecule has 0 unspecified atom stereocenters. The summed E-state index contributed by atoms with van der Waals surface area (Å²) < 4.78 is 10.9. The van der Waals surface area contributed by atoms with Gasteiger partial charge in [-0.05, 0) is 12.1 Å². The number of carbonyl (C=O) groups is 2. The molecule has 2 heterocycles. The van der Waals surface area contributed by atoms with E-state index in [4.69, 9.17) is 14.6 Å². The quantitative estimate of drug-likeness (QED) is 0.752. The minimum atomic E-state index is -1.34. The van der Waals surface area contributed by atoms with Crippen LogP contribution in [0.1, 0.15) is 31.4 Å². The van der Waals surface area contributed by atoms with Crippen LogP contribution in [-0.2, 0) is 17.9 Å². The Morgan fingerprint density at radius 3 is 2.69 bits per heavy atom. The minimum Gasteiger partial charge on any atom is -0.485 e. The summed E-state index contributed by atoms with van der Waals surface area (Å²) in [5.41, 5.74) is 0.264. The number of nitrogens with zero attached hydrogens (tertiary/aromatic N) is 2. The van der Waals surface area contributed by atoms with E-state index in [0.29, 0.717) is 5.01 Å². The van der Waals surface area contributed by atoms with E-state index >= 15 is 0 Å². The van der Waals surface area contributed by atoms with Gasteiger partial charge in [-0.2, -0.15) is 0 Å². The van der Waals surface area contributed by atoms with Crippen molar-refractivity contribution in [3.8, 4) is 5.75 Å². The Bertz CT molecular complexity index is 800. The summed E-state index contributed by atoms with van der Waals surface area (Å²) >= 11 is 1.42. The fourth-order valence-electron chi connectivity index (χ4n) is 2.67. The molecule has 1 aromatic heterocycles. The number of carboxylic acid groups (broad SMARTS) is 2. The summed E-state index contributed by atoms with van der Waals surface area (Å²) in [6.45, 7) is 3.99. The molecule has 138 valence electrons. The molecule has 0 spiro atoms. The van der Waals surface area contributed by atoms with Crippen molar-refractivity contribution in [2.45, 2.75) is 13.2 Å². The van der Waals surface area contributed by atoms with Crippen molar-refractivity contribution in [1.29, 1.82) is 0 Å². The zero-order valence-corrected chi connectivity index (χ0v) is 14.7. The summed E-state index contributed by atoms with van der Waals surface area (Å²) in [5, 5.41) is 21.1. The van der Waals surface area contributed by atoms with Crippen molar-refractivity contribution in [2.24, 2.45) is 0 Å². The molecule has 0 atom stereocenters. The largest absolute Gasteiger partial charge is 0.485 e. The maximum atomic E-state index is 11.4. The van der Waals surface area contributed by atoms with Crippen molar-refractivity contribution in [1.82, 2.24) is 9.88 Å². The molecule has 2 N–H and O–H groups in total. The number of carboxylic acids is 2.